The molecule has 1 saturated heterocycles. The monoisotopic (exact) mass is 546 g/mol. The topological polar surface area (TPSA) is 117 Å². The zero-order valence-corrected chi connectivity index (χ0v) is 23.1. The molecule has 3 N–H and O–H groups in total. The number of hydrogen-bond acceptors (Lipinski definition) is 7. The first-order chi connectivity index (χ1) is 17.7. The minimum absolute atomic E-state index is 0.131. The number of nitrogens with zero attached hydrogens (tertiary/aromatic N) is 1. The van der Waals surface area contributed by atoms with E-state index in [9.17, 15) is 19.2 Å². The van der Waals surface area contributed by atoms with E-state index in [-0.39, 0.29) is 37.3 Å². The van der Waals surface area contributed by atoms with Gasteiger partial charge in [0.15, 0.2) is 0 Å². The van der Waals surface area contributed by atoms with Crippen molar-refractivity contribution in [2.75, 3.05) is 25.2 Å². The van der Waals surface area contributed by atoms with E-state index < -0.39 is 30.0 Å². The quantitative estimate of drug-likeness (QED) is 0.327. The maximum atomic E-state index is 13.4. The van der Waals surface area contributed by atoms with Crippen molar-refractivity contribution in [2.45, 2.75) is 56.1 Å². The predicted molar refractivity (Wildman–Crippen MR) is 146 cm³/mol. The van der Waals surface area contributed by atoms with Crippen LogP contribution in [0.4, 0.5) is 10.5 Å². The molecule has 3 unspecified atom stereocenters. The number of hydrogen-bond donors (Lipinski definition) is 3. The number of piperidine rings is 1. The molecule has 0 radical (unpaired) electrons. The molecule has 1 aliphatic rings. The Balaban J connectivity index is 1.76. The Labute approximate surface area is 225 Å². The average molecular weight is 547 g/mol. The van der Waals surface area contributed by atoms with Crippen molar-refractivity contribution in [3.63, 3.8) is 0 Å². The number of ether oxygens (including phenoxy) is 1. The molecule has 11 heteroatoms. The first-order valence-corrected chi connectivity index (χ1v) is 14.2. The second-order valence-electron chi connectivity index (χ2n) is 9.17. The van der Waals surface area contributed by atoms with E-state index in [1.807, 2.05) is 42.0 Å². The number of carbonyl (C=O) groups is 4. The summed E-state index contributed by atoms with van der Waals surface area (Å²) in [4.78, 5) is 55.0. The first-order valence-electron chi connectivity index (χ1n) is 12.1. The molecule has 200 valence electrons. The van der Waals surface area contributed by atoms with Gasteiger partial charge in [-0.3, -0.25) is 9.59 Å². The minimum atomic E-state index is -0.879. The second-order valence-corrected chi connectivity index (χ2v) is 11.1. The summed E-state index contributed by atoms with van der Waals surface area (Å²) in [6.07, 6.45) is 2.94. The molecule has 1 aliphatic heterocycles. The second kappa shape index (κ2) is 13.5. The number of rotatable bonds is 9. The van der Waals surface area contributed by atoms with E-state index in [4.69, 9.17) is 4.74 Å². The summed E-state index contributed by atoms with van der Waals surface area (Å²) in [5, 5.41) is 10.6. The van der Waals surface area contributed by atoms with Crippen molar-refractivity contribution >= 4 is 52.6 Å². The van der Waals surface area contributed by atoms with Crippen molar-refractivity contribution in [1.82, 2.24) is 15.5 Å². The average Bonchev–Trinajstić information content (AvgIpc) is 3.39. The lowest BCUT2D eigenvalue weighted by molar-refractivity contribution is -0.147. The molecule has 2 heterocycles. The number of likely N-dealkylation sites (tertiary alicyclic amines) is 1. The van der Waals surface area contributed by atoms with Gasteiger partial charge in [0.2, 0.25) is 11.8 Å². The number of anilines is 1. The van der Waals surface area contributed by atoms with Crippen LogP contribution in [0.3, 0.4) is 0 Å². The zero-order chi connectivity index (χ0) is 26.9. The number of urea groups is 1. The molecule has 1 aromatic carbocycles. The molecule has 2 aromatic rings. The summed E-state index contributed by atoms with van der Waals surface area (Å²) in [6, 6.07) is 8.81. The van der Waals surface area contributed by atoms with Gasteiger partial charge in [0, 0.05) is 28.0 Å². The fraction of sp³-hybridized carbons (Fsp3) is 0.462. The Morgan fingerprint density at radius 3 is 2.62 bits per heavy atom. The highest BCUT2D eigenvalue weighted by molar-refractivity contribution is 7.98. The van der Waals surface area contributed by atoms with Crippen LogP contribution in [0.25, 0.3) is 0 Å². The zero-order valence-electron chi connectivity index (χ0n) is 21.5. The third-order valence-corrected chi connectivity index (χ3v) is 7.79. The summed E-state index contributed by atoms with van der Waals surface area (Å²) in [5.41, 5.74) is 0.622. The summed E-state index contributed by atoms with van der Waals surface area (Å²) < 4.78 is 4.86. The van der Waals surface area contributed by atoms with E-state index in [0.717, 1.165) is 9.77 Å². The molecule has 3 atom stereocenters. The molecule has 37 heavy (non-hydrogen) atoms. The van der Waals surface area contributed by atoms with Crippen LogP contribution in [0.5, 0.6) is 0 Å². The molecule has 4 amide bonds. The third-order valence-electron chi connectivity index (χ3n) is 6.19. The van der Waals surface area contributed by atoms with Crippen LogP contribution in [0.15, 0.2) is 46.7 Å². The van der Waals surface area contributed by atoms with Crippen LogP contribution < -0.4 is 16.0 Å². The normalized spacial score (nSPS) is 18.1. The number of esters is 1. The maximum absolute atomic E-state index is 13.4. The van der Waals surface area contributed by atoms with Crippen molar-refractivity contribution in [3.05, 3.63) is 46.7 Å². The molecule has 0 saturated carbocycles. The Morgan fingerprint density at radius 1 is 1.19 bits per heavy atom. The van der Waals surface area contributed by atoms with Crippen molar-refractivity contribution < 1.29 is 23.9 Å². The molecule has 3 rings (SSSR count). The highest BCUT2D eigenvalue weighted by atomic mass is 32.2. The van der Waals surface area contributed by atoms with Gasteiger partial charge in [0.05, 0.1) is 13.5 Å². The van der Waals surface area contributed by atoms with Gasteiger partial charge in [-0.1, -0.05) is 26.0 Å². The molecule has 1 aromatic heterocycles. The van der Waals surface area contributed by atoms with Crippen LogP contribution >= 0.6 is 23.1 Å². The fourth-order valence-electron chi connectivity index (χ4n) is 4.21. The maximum Gasteiger partial charge on any atom is 0.328 e. The number of benzene rings is 1. The Kier molecular flexibility index (Phi) is 10.4. The fourth-order valence-corrected chi connectivity index (χ4v) is 5.37. The van der Waals surface area contributed by atoms with Gasteiger partial charge in [-0.05, 0) is 54.7 Å². The van der Waals surface area contributed by atoms with E-state index in [0.29, 0.717) is 12.1 Å². The van der Waals surface area contributed by atoms with Crippen molar-refractivity contribution in [2.24, 2.45) is 5.92 Å². The Bertz CT molecular complexity index is 1090. The third kappa shape index (κ3) is 7.96. The van der Waals surface area contributed by atoms with Crippen LogP contribution in [0.1, 0.15) is 31.6 Å². The van der Waals surface area contributed by atoms with Gasteiger partial charge < -0.3 is 25.6 Å². The summed E-state index contributed by atoms with van der Waals surface area (Å²) in [5.74, 6) is -1.36. The standard InChI is InChI=1S/C26H34N4O5S2/c1-16(2)23(25(33)35-3)29-24(32)21-14-18(27-22(31)15-20-9-6-12-37-20)10-11-30(21)26(34)28-17-7-5-8-19(13-17)36-4/h5-9,12-13,16,18,21,23H,10-11,14-15H2,1-4H3,(H,27,31)(H,28,34)(H,29,32). The van der Waals surface area contributed by atoms with Crippen molar-refractivity contribution in [1.29, 1.82) is 0 Å². The smallest absolute Gasteiger partial charge is 0.328 e. The van der Waals surface area contributed by atoms with Gasteiger partial charge >= 0.3 is 12.0 Å². The highest BCUT2D eigenvalue weighted by Crippen LogP contribution is 2.23. The Hall–Kier alpha value is -3.05. The largest absolute Gasteiger partial charge is 0.467 e. The first kappa shape index (κ1) is 28.5. The number of nitrogens with one attached hydrogen (secondary N) is 3. The summed E-state index contributed by atoms with van der Waals surface area (Å²) >= 11 is 3.07. The van der Waals surface area contributed by atoms with Gasteiger partial charge in [0.25, 0.3) is 0 Å². The summed E-state index contributed by atoms with van der Waals surface area (Å²) in [7, 11) is 1.27. The van der Waals surface area contributed by atoms with E-state index in [2.05, 4.69) is 16.0 Å². The Morgan fingerprint density at radius 2 is 1.97 bits per heavy atom. The van der Waals surface area contributed by atoms with E-state index >= 15 is 0 Å². The van der Waals surface area contributed by atoms with Gasteiger partial charge in [0.1, 0.15) is 12.1 Å². The van der Waals surface area contributed by atoms with Crippen LogP contribution in [-0.2, 0) is 25.5 Å². The SMILES string of the molecule is COC(=O)C(NC(=O)C1CC(NC(=O)Cc2cccs2)CCN1C(=O)Nc1cccc(SC)c1)C(C)C. The van der Waals surface area contributed by atoms with Gasteiger partial charge in [-0.2, -0.15) is 0 Å². The molecular formula is C26H34N4O5S2. The number of methoxy groups -OCH3 is 1. The number of thioether (sulfide) groups is 1. The van der Waals surface area contributed by atoms with Crippen LogP contribution in [0.2, 0.25) is 0 Å². The summed E-state index contributed by atoms with van der Waals surface area (Å²) in [6.45, 7) is 3.87. The highest BCUT2D eigenvalue weighted by Gasteiger charge is 2.39. The molecule has 9 nitrogen and oxygen atoms in total. The van der Waals surface area contributed by atoms with Crippen LogP contribution in [-0.4, -0.2) is 66.8 Å². The number of thiophene rings is 1. The van der Waals surface area contributed by atoms with E-state index in [1.54, 1.807) is 31.7 Å². The van der Waals surface area contributed by atoms with Gasteiger partial charge in [-0.25, -0.2) is 9.59 Å². The minimum Gasteiger partial charge on any atom is -0.467 e. The molecule has 0 spiro atoms. The molecular weight excluding hydrogens is 512 g/mol. The van der Waals surface area contributed by atoms with E-state index in [1.165, 1.54) is 23.3 Å². The lowest BCUT2D eigenvalue weighted by Gasteiger charge is -2.39. The number of carbonyl (C=O) groups excluding carboxylic acids is 4. The number of amides is 4. The predicted octanol–water partition coefficient (Wildman–Crippen LogP) is 3.51. The molecule has 0 bridgehead atoms. The molecule has 0 aliphatic carbocycles. The lowest BCUT2D eigenvalue weighted by Crippen LogP contribution is -2.60. The lowest BCUT2D eigenvalue weighted by atomic mass is 9.95. The molecule has 1 fully saturated rings. The van der Waals surface area contributed by atoms with Crippen LogP contribution in [0, 0.1) is 5.92 Å². The van der Waals surface area contributed by atoms with Gasteiger partial charge in [-0.15, -0.1) is 23.1 Å². The van der Waals surface area contributed by atoms with Crippen molar-refractivity contribution in [3.8, 4) is 0 Å².